The largest absolute Gasteiger partial charge is 0.491 e. The highest BCUT2D eigenvalue weighted by Crippen LogP contribution is 2.49. The lowest BCUT2D eigenvalue weighted by atomic mass is 10.0. The van der Waals surface area contributed by atoms with Crippen LogP contribution in [0.2, 0.25) is 15.1 Å². The Morgan fingerprint density at radius 1 is 0.851 bits per heavy atom. The van der Waals surface area contributed by atoms with Crippen molar-refractivity contribution in [2.75, 3.05) is 27.4 Å². The van der Waals surface area contributed by atoms with Gasteiger partial charge in [-0.3, -0.25) is 19.2 Å². The summed E-state index contributed by atoms with van der Waals surface area (Å²) in [7, 11) is 2.64. The number of carbonyl (C=O) groups excluding carboxylic acids is 2. The van der Waals surface area contributed by atoms with E-state index in [1.165, 1.54) is 39.0 Å². The quantitative estimate of drug-likeness (QED) is 0.122. The average molecular weight is 735 g/mol. The molecule has 2 heterocycles. The molecule has 0 unspecified atom stereocenters. The molecule has 0 fully saturated rings. The number of nitrogens with zero attached hydrogens (tertiary/aromatic N) is 1. The molecule has 16 heteroatoms. The maximum Gasteiger partial charge on any atom is 0.306 e. The van der Waals surface area contributed by atoms with Crippen molar-refractivity contribution in [2.45, 2.75) is 46.2 Å². The van der Waals surface area contributed by atoms with Crippen LogP contribution >= 0.6 is 46.1 Å². The number of carboxylic acids is 2. The molecule has 1 aromatic heterocycles. The van der Waals surface area contributed by atoms with Gasteiger partial charge in [-0.2, -0.15) is 0 Å². The van der Waals surface area contributed by atoms with Crippen molar-refractivity contribution in [3.63, 3.8) is 0 Å². The lowest BCUT2D eigenvalue weighted by Crippen LogP contribution is -2.28. The van der Waals surface area contributed by atoms with E-state index in [1.807, 2.05) is 0 Å². The Hall–Kier alpha value is -3.52. The summed E-state index contributed by atoms with van der Waals surface area (Å²) < 4.78 is 38.0. The highest BCUT2D eigenvalue weighted by atomic mass is 35.5. The Labute approximate surface area is 288 Å². The van der Waals surface area contributed by atoms with Crippen LogP contribution in [-0.2, 0) is 27.5 Å². The van der Waals surface area contributed by atoms with Gasteiger partial charge < -0.3 is 34.1 Å². The van der Waals surface area contributed by atoms with Crippen LogP contribution in [0.1, 0.15) is 53.9 Å². The van der Waals surface area contributed by atoms with Gasteiger partial charge in [0.1, 0.15) is 0 Å². The topological polar surface area (TPSA) is 149 Å². The maximum atomic E-state index is 15.4. The number of halogens is 4. The Bertz CT molecular complexity index is 1750. The SMILES string of the molecule is COc1c(Cl)c2c(c(Cl)c1OCCCOc1c(OC)c(F)c3sc(C(=O)C[C@H](C)C(=O)O)cc3c1Cl)CN(C(=O)C[C@H](C)C(=O)O)C2. The van der Waals surface area contributed by atoms with Crippen molar-refractivity contribution in [1.29, 1.82) is 0 Å². The number of carbonyl (C=O) groups is 4. The molecule has 4 rings (SSSR count). The van der Waals surface area contributed by atoms with Gasteiger partial charge in [0.25, 0.3) is 0 Å². The van der Waals surface area contributed by atoms with E-state index in [9.17, 15) is 19.2 Å². The van der Waals surface area contributed by atoms with Crippen molar-refractivity contribution in [3.05, 3.63) is 43.0 Å². The molecule has 0 aliphatic carbocycles. The summed E-state index contributed by atoms with van der Waals surface area (Å²) in [4.78, 5) is 49.4. The van der Waals surface area contributed by atoms with Gasteiger partial charge >= 0.3 is 11.9 Å². The third kappa shape index (κ3) is 7.48. The monoisotopic (exact) mass is 733 g/mol. The molecule has 254 valence electrons. The summed E-state index contributed by atoms with van der Waals surface area (Å²) in [6.07, 6.45) is -0.178. The normalized spacial score (nSPS) is 13.7. The second kappa shape index (κ2) is 15.1. The molecule has 0 saturated heterocycles. The predicted molar refractivity (Wildman–Crippen MR) is 173 cm³/mol. The number of aliphatic carboxylic acids is 2. The number of ketones is 1. The molecule has 11 nitrogen and oxygen atoms in total. The van der Waals surface area contributed by atoms with E-state index in [0.29, 0.717) is 11.1 Å². The van der Waals surface area contributed by atoms with E-state index in [0.717, 1.165) is 11.3 Å². The first kappa shape index (κ1) is 36.3. The first-order valence-electron chi connectivity index (χ1n) is 14.3. The first-order chi connectivity index (χ1) is 22.2. The summed E-state index contributed by atoms with van der Waals surface area (Å²) in [5.41, 5.74) is 1.14. The Morgan fingerprint density at radius 3 is 1.89 bits per heavy atom. The molecule has 47 heavy (non-hydrogen) atoms. The molecule has 1 amide bonds. The van der Waals surface area contributed by atoms with E-state index in [2.05, 4.69) is 0 Å². The number of methoxy groups -OCH3 is 2. The van der Waals surface area contributed by atoms with Crippen LogP contribution in [-0.4, -0.2) is 66.2 Å². The van der Waals surface area contributed by atoms with Crippen LogP contribution in [0.25, 0.3) is 10.1 Å². The molecule has 0 spiro atoms. The zero-order chi connectivity index (χ0) is 34.7. The van der Waals surface area contributed by atoms with Crippen molar-refractivity contribution < 1.29 is 52.7 Å². The summed E-state index contributed by atoms with van der Waals surface area (Å²) in [6.45, 7) is 3.15. The number of rotatable bonds is 15. The van der Waals surface area contributed by atoms with E-state index >= 15 is 4.39 Å². The van der Waals surface area contributed by atoms with Crippen LogP contribution in [0, 0.1) is 17.7 Å². The fourth-order valence-electron chi connectivity index (χ4n) is 4.94. The van der Waals surface area contributed by atoms with Crippen molar-refractivity contribution >= 4 is 79.9 Å². The van der Waals surface area contributed by atoms with Crippen molar-refractivity contribution in [1.82, 2.24) is 4.90 Å². The second-order valence-corrected chi connectivity index (χ2v) is 13.1. The number of hydrogen-bond acceptors (Lipinski definition) is 9. The van der Waals surface area contributed by atoms with Gasteiger partial charge in [0.2, 0.25) is 5.91 Å². The zero-order valence-electron chi connectivity index (χ0n) is 25.7. The Kier molecular flexibility index (Phi) is 11.7. The van der Waals surface area contributed by atoms with Gasteiger partial charge in [-0.15, -0.1) is 11.3 Å². The van der Waals surface area contributed by atoms with Crippen molar-refractivity contribution in [3.8, 4) is 23.0 Å². The number of amides is 1. The van der Waals surface area contributed by atoms with Crippen LogP contribution in [0.3, 0.4) is 0 Å². The number of benzene rings is 2. The second-order valence-electron chi connectivity index (χ2n) is 10.9. The third-order valence-corrected chi connectivity index (χ3v) is 9.95. The zero-order valence-corrected chi connectivity index (χ0v) is 28.8. The number of fused-ring (bicyclic) bond motifs is 2. The third-order valence-electron chi connectivity index (χ3n) is 7.60. The number of carboxylic acid groups (broad SMARTS) is 2. The number of hydrogen-bond donors (Lipinski definition) is 2. The number of ether oxygens (including phenoxy) is 4. The standard InChI is InChI=1S/C31H31Cl3FNO10S/c1-13(30(39)40)8-18(37)19-10-15-21(32)27(28(44-4)24(35)29(15)47-19)46-7-5-6-45-26-23(34)17-12-36(20(38)9-14(2)31(41)42)11-16(17)22(33)25(26)43-3/h10,13-14H,5-9,11-12H2,1-4H3,(H,39,40)(H,41,42)/t13-,14-/m0/s1. The highest BCUT2D eigenvalue weighted by Gasteiger charge is 2.34. The van der Waals surface area contributed by atoms with Crippen LogP contribution in [0.5, 0.6) is 23.0 Å². The van der Waals surface area contributed by atoms with Gasteiger partial charge in [-0.1, -0.05) is 48.7 Å². The molecule has 0 bridgehead atoms. The predicted octanol–water partition coefficient (Wildman–Crippen LogP) is 7.11. The van der Waals surface area contributed by atoms with E-state index in [-0.39, 0.29) is 105 Å². The molecule has 2 N–H and O–H groups in total. The smallest absolute Gasteiger partial charge is 0.306 e. The summed E-state index contributed by atoms with van der Waals surface area (Å²) in [5, 5.41) is 19.0. The van der Waals surface area contributed by atoms with Gasteiger partial charge in [0.05, 0.1) is 63.9 Å². The number of thiophene rings is 1. The molecule has 0 radical (unpaired) electrons. The first-order valence-corrected chi connectivity index (χ1v) is 16.2. The van der Waals surface area contributed by atoms with Crippen LogP contribution < -0.4 is 18.9 Å². The molecule has 1 aliphatic heterocycles. The van der Waals surface area contributed by atoms with Crippen LogP contribution in [0.15, 0.2) is 6.07 Å². The Balaban J connectivity index is 1.46. The average Bonchev–Trinajstić information content (AvgIpc) is 3.68. The van der Waals surface area contributed by atoms with E-state index < -0.39 is 35.4 Å². The molecule has 0 saturated carbocycles. The summed E-state index contributed by atoms with van der Waals surface area (Å²) in [6, 6.07) is 1.41. The Morgan fingerprint density at radius 2 is 1.36 bits per heavy atom. The molecular formula is C31H31Cl3FNO10S. The van der Waals surface area contributed by atoms with E-state index in [1.54, 1.807) is 0 Å². The molecule has 2 aromatic carbocycles. The van der Waals surface area contributed by atoms with Gasteiger partial charge in [-0.05, 0) is 6.07 Å². The fourth-order valence-corrected chi connectivity index (χ4v) is 6.98. The summed E-state index contributed by atoms with van der Waals surface area (Å²) >= 11 is 20.7. The minimum Gasteiger partial charge on any atom is -0.491 e. The number of Topliss-reactive ketones (excluding diaryl/α,β-unsaturated/α-hetero) is 1. The molecular weight excluding hydrogens is 704 g/mol. The molecule has 2 atom stereocenters. The summed E-state index contributed by atoms with van der Waals surface area (Å²) in [5.74, 6) is -5.55. The minimum atomic E-state index is -1.12. The minimum absolute atomic E-state index is 0.00424. The lowest BCUT2D eigenvalue weighted by Gasteiger charge is -2.17. The maximum absolute atomic E-state index is 15.4. The van der Waals surface area contributed by atoms with Crippen LogP contribution in [0.4, 0.5) is 4.39 Å². The lowest BCUT2D eigenvalue weighted by molar-refractivity contribution is -0.145. The van der Waals surface area contributed by atoms with Gasteiger partial charge in [0.15, 0.2) is 34.6 Å². The molecule has 1 aliphatic rings. The molecule has 3 aromatic rings. The highest BCUT2D eigenvalue weighted by molar-refractivity contribution is 7.21. The van der Waals surface area contributed by atoms with Gasteiger partial charge in [-0.25, -0.2) is 4.39 Å². The van der Waals surface area contributed by atoms with E-state index in [4.69, 9.17) is 64.0 Å². The van der Waals surface area contributed by atoms with Gasteiger partial charge in [0, 0.05) is 48.9 Å². The fraction of sp³-hybridized carbons (Fsp3) is 0.419. The van der Waals surface area contributed by atoms with Crippen molar-refractivity contribution in [2.24, 2.45) is 11.8 Å².